The maximum atomic E-state index is 13.2. The highest BCUT2D eigenvalue weighted by Gasteiger charge is 2.24. The molecule has 0 aliphatic heterocycles. The summed E-state index contributed by atoms with van der Waals surface area (Å²) >= 11 is 2.25. The predicted molar refractivity (Wildman–Crippen MR) is 142 cm³/mol. The molecule has 0 spiro atoms. The van der Waals surface area contributed by atoms with Gasteiger partial charge in [0.05, 0.1) is 0 Å². The molecule has 0 radical (unpaired) electrons. The minimum Gasteiger partial charge on any atom is -0.419 e. The third-order valence-electron chi connectivity index (χ3n) is 5.38. The van der Waals surface area contributed by atoms with Crippen LogP contribution in [0.1, 0.15) is 58.7 Å². The Morgan fingerprint density at radius 1 is 1.09 bits per heavy atom. The third kappa shape index (κ3) is 5.18. The Kier molecular flexibility index (Phi) is 8.50. The fourth-order valence-corrected chi connectivity index (χ4v) is 4.22. The van der Waals surface area contributed by atoms with Crippen LogP contribution in [0, 0.1) is 0 Å². The fraction of sp³-hybridized carbons (Fsp3) is 0.522. The van der Waals surface area contributed by atoms with E-state index in [1.54, 1.807) is 11.6 Å². The number of nitrogens with zero attached hydrogens (tertiary/aromatic N) is 7. The van der Waals surface area contributed by atoms with Gasteiger partial charge in [-0.1, -0.05) is 26.8 Å². The Hall–Kier alpha value is -2.70. The number of hydrogen-bond acceptors (Lipinski definition) is 7. The lowest BCUT2D eigenvalue weighted by molar-refractivity contribution is 0.469. The van der Waals surface area contributed by atoms with Crippen molar-refractivity contribution in [3.63, 3.8) is 0 Å². The number of anilines is 1. The quantitative estimate of drug-likeness (QED) is 0.266. The van der Waals surface area contributed by atoms with Gasteiger partial charge in [-0.2, -0.15) is 4.98 Å². The number of allylic oxidation sites excluding steroid dienone is 4. The van der Waals surface area contributed by atoms with E-state index in [0.717, 1.165) is 46.1 Å². The number of aryl methyl sites for hydroxylation is 1. The number of halogens is 1. The largest absolute Gasteiger partial charge is 0.419 e. The van der Waals surface area contributed by atoms with Gasteiger partial charge in [-0.3, -0.25) is 18.5 Å². The van der Waals surface area contributed by atoms with Crippen LogP contribution in [0.3, 0.4) is 0 Å². The van der Waals surface area contributed by atoms with E-state index in [4.69, 9.17) is 9.40 Å². The van der Waals surface area contributed by atoms with Crippen molar-refractivity contribution in [2.24, 2.45) is 14.1 Å². The van der Waals surface area contributed by atoms with Gasteiger partial charge >= 0.3 is 5.69 Å². The molecule has 0 fully saturated rings. The van der Waals surface area contributed by atoms with Crippen molar-refractivity contribution in [1.29, 1.82) is 0 Å². The molecule has 0 saturated heterocycles. The molecular weight excluding hydrogens is 549 g/mol. The molecule has 10 nitrogen and oxygen atoms in total. The smallest absolute Gasteiger partial charge is 0.332 e. The first-order valence-electron chi connectivity index (χ1n) is 11.5. The molecule has 34 heavy (non-hydrogen) atoms. The first-order chi connectivity index (χ1) is 16.2. The van der Waals surface area contributed by atoms with Crippen molar-refractivity contribution >= 4 is 45.3 Å². The van der Waals surface area contributed by atoms with Crippen molar-refractivity contribution in [2.75, 3.05) is 18.0 Å². The van der Waals surface area contributed by atoms with Crippen LogP contribution in [0.2, 0.25) is 0 Å². The summed E-state index contributed by atoms with van der Waals surface area (Å²) < 4.78 is 11.4. The fourth-order valence-electron chi connectivity index (χ4n) is 3.89. The van der Waals surface area contributed by atoms with Crippen LogP contribution in [0.15, 0.2) is 29.7 Å². The highest BCUT2D eigenvalue weighted by molar-refractivity contribution is 14.1. The van der Waals surface area contributed by atoms with E-state index in [1.165, 1.54) is 11.6 Å². The molecule has 0 aromatic carbocycles. The SMILES string of the molecule is CC/C=C(\C=C(/C)I)c1nnc(Cn2c(N(CCC)CCC)nc3c2c(=O)n(C)c(=O)n3C)o1. The van der Waals surface area contributed by atoms with E-state index in [9.17, 15) is 9.59 Å². The lowest BCUT2D eigenvalue weighted by atomic mass is 10.2. The van der Waals surface area contributed by atoms with Gasteiger partial charge in [-0.25, -0.2) is 4.79 Å². The van der Waals surface area contributed by atoms with E-state index in [0.29, 0.717) is 28.9 Å². The molecule has 0 bridgehead atoms. The second kappa shape index (κ2) is 11.2. The van der Waals surface area contributed by atoms with Gasteiger partial charge in [0.2, 0.25) is 17.7 Å². The zero-order chi connectivity index (χ0) is 25.0. The van der Waals surface area contributed by atoms with Crippen molar-refractivity contribution in [1.82, 2.24) is 28.9 Å². The molecule has 3 aromatic rings. The maximum Gasteiger partial charge on any atom is 0.332 e. The summed E-state index contributed by atoms with van der Waals surface area (Å²) in [5.41, 5.74) is 0.723. The molecule has 3 heterocycles. The molecule has 3 rings (SSSR count). The summed E-state index contributed by atoms with van der Waals surface area (Å²) in [4.78, 5) is 32.6. The third-order valence-corrected chi connectivity index (χ3v) is 5.69. The zero-order valence-electron chi connectivity index (χ0n) is 20.6. The molecule has 0 aliphatic carbocycles. The molecule has 0 amide bonds. The average molecular weight is 581 g/mol. The van der Waals surface area contributed by atoms with Crippen LogP contribution < -0.4 is 16.1 Å². The van der Waals surface area contributed by atoms with E-state index in [1.807, 2.05) is 26.0 Å². The molecule has 184 valence electrons. The summed E-state index contributed by atoms with van der Waals surface area (Å²) in [6.45, 7) is 9.95. The predicted octanol–water partition coefficient (Wildman–Crippen LogP) is 3.62. The van der Waals surface area contributed by atoms with Gasteiger partial charge in [-0.15, -0.1) is 10.2 Å². The van der Waals surface area contributed by atoms with Crippen molar-refractivity contribution in [2.45, 2.75) is 53.5 Å². The zero-order valence-corrected chi connectivity index (χ0v) is 22.8. The van der Waals surface area contributed by atoms with Gasteiger partial charge in [0.25, 0.3) is 5.56 Å². The molecule has 0 N–H and O–H groups in total. The van der Waals surface area contributed by atoms with E-state index in [2.05, 4.69) is 51.5 Å². The second-order valence-electron chi connectivity index (χ2n) is 8.16. The van der Waals surface area contributed by atoms with Gasteiger partial charge in [0.1, 0.15) is 6.54 Å². The summed E-state index contributed by atoms with van der Waals surface area (Å²) in [7, 11) is 3.10. The maximum absolute atomic E-state index is 13.2. The molecule has 11 heteroatoms. The number of imidazole rings is 1. The van der Waals surface area contributed by atoms with Crippen LogP contribution in [-0.4, -0.2) is 42.0 Å². The van der Waals surface area contributed by atoms with Gasteiger partial charge < -0.3 is 9.32 Å². The van der Waals surface area contributed by atoms with Crippen LogP contribution in [0.5, 0.6) is 0 Å². The lowest BCUT2D eigenvalue weighted by Crippen LogP contribution is -2.37. The Bertz CT molecular complexity index is 1330. The highest BCUT2D eigenvalue weighted by Crippen LogP contribution is 2.24. The average Bonchev–Trinajstić information content (AvgIpc) is 3.41. The number of fused-ring (bicyclic) bond motifs is 1. The summed E-state index contributed by atoms with van der Waals surface area (Å²) in [6, 6.07) is 0. The highest BCUT2D eigenvalue weighted by atomic mass is 127. The second-order valence-corrected chi connectivity index (χ2v) is 9.86. The Balaban J connectivity index is 2.20. The lowest BCUT2D eigenvalue weighted by Gasteiger charge is -2.23. The normalized spacial score (nSPS) is 12.7. The standard InChI is InChI=1S/C23H32IN7O3/c1-7-10-16(13-15(4)24)20-27-26-17(34-20)14-31-18-19(28(5)23(33)29(6)21(18)32)25-22(31)30(11-8-2)12-9-3/h10,13H,7-9,11-12,14H2,1-6H3/b15-13+,16-10+. The molecule has 0 atom stereocenters. The number of aromatic nitrogens is 6. The summed E-state index contributed by atoms with van der Waals surface area (Å²) in [6.07, 6.45) is 6.69. The molecule has 0 unspecified atom stereocenters. The number of hydrogen-bond donors (Lipinski definition) is 0. The summed E-state index contributed by atoms with van der Waals surface area (Å²) in [5.74, 6) is 1.41. The van der Waals surface area contributed by atoms with Crippen LogP contribution in [0.25, 0.3) is 16.7 Å². The van der Waals surface area contributed by atoms with Gasteiger partial charge in [0, 0.05) is 32.8 Å². The molecule has 0 aliphatic rings. The summed E-state index contributed by atoms with van der Waals surface area (Å²) in [5, 5.41) is 8.51. The van der Waals surface area contributed by atoms with E-state index in [-0.39, 0.29) is 6.54 Å². The van der Waals surface area contributed by atoms with Gasteiger partial charge in [0.15, 0.2) is 11.2 Å². The van der Waals surface area contributed by atoms with Crippen molar-refractivity contribution in [3.05, 3.63) is 48.4 Å². The van der Waals surface area contributed by atoms with Crippen molar-refractivity contribution < 1.29 is 4.42 Å². The monoisotopic (exact) mass is 581 g/mol. The Morgan fingerprint density at radius 3 is 2.35 bits per heavy atom. The minimum atomic E-state index is -0.415. The first kappa shape index (κ1) is 25.9. The van der Waals surface area contributed by atoms with Crippen LogP contribution in [0.4, 0.5) is 5.95 Å². The topological polar surface area (TPSA) is 104 Å². The van der Waals surface area contributed by atoms with E-state index >= 15 is 0 Å². The molecule has 0 saturated carbocycles. The van der Waals surface area contributed by atoms with Crippen LogP contribution in [-0.2, 0) is 20.6 Å². The van der Waals surface area contributed by atoms with Crippen molar-refractivity contribution in [3.8, 4) is 0 Å². The Labute approximate surface area is 212 Å². The number of rotatable bonds is 10. The molecular formula is C23H32IN7O3. The minimum absolute atomic E-state index is 0.169. The first-order valence-corrected chi connectivity index (χ1v) is 12.6. The molecule has 3 aromatic heterocycles. The Morgan fingerprint density at radius 2 is 1.76 bits per heavy atom. The van der Waals surface area contributed by atoms with Crippen LogP contribution >= 0.6 is 22.6 Å². The van der Waals surface area contributed by atoms with E-state index < -0.39 is 11.2 Å². The van der Waals surface area contributed by atoms with Gasteiger partial charge in [-0.05, 0) is 58.4 Å².